The highest BCUT2D eigenvalue weighted by Crippen LogP contribution is 2.34. The molecule has 1 N–H and O–H groups in total. The summed E-state index contributed by atoms with van der Waals surface area (Å²) in [5, 5.41) is 3.30. The topological polar surface area (TPSA) is 35.6 Å². The standard InChI is InChI=1S/C16H31N3O/c1-13(15(20)19-11-7-17-8-12-19)18-9-5-14(6-10-18)16(2,3)4/h13-14,17H,5-12H2,1-4H3. The molecular formula is C16H31N3O. The first-order valence-corrected chi connectivity index (χ1v) is 8.13. The van der Waals surface area contributed by atoms with Crippen LogP contribution in [0.4, 0.5) is 0 Å². The Balaban J connectivity index is 1.84. The first-order chi connectivity index (χ1) is 9.39. The molecule has 4 heteroatoms. The van der Waals surface area contributed by atoms with Gasteiger partial charge in [0.2, 0.25) is 5.91 Å². The van der Waals surface area contributed by atoms with Crippen molar-refractivity contribution in [3.05, 3.63) is 0 Å². The highest BCUT2D eigenvalue weighted by atomic mass is 16.2. The van der Waals surface area contributed by atoms with Gasteiger partial charge in [-0.2, -0.15) is 0 Å². The lowest BCUT2D eigenvalue weighted by molar-refractivity contribution is -0.137. The minimum Gasteiger partial charge on any atom is -0.339 e. The summed E-state index contributed by atoms with van der Waals surface area (Å²) >= 11 is 0. The molecule has 1 atom stereocenters. The van der Waals surface area contributed by atoms with Crippen molar-refractivity contribution in [2.24, 2.45) is 11.3 Å². The Morgan fingerprint density at radius 1 is 1.10 bits per heavy atom. The van der Waals surface area contributed by atoms with E-state index in [2.05, 4.69) is 37.9 Å². The van der Waals surface area contributed by atoms with Crippen molar-refractivity contribution in [3.8, 4) is 0 Å². The third-order valence-electron chi connectivity index (χ3n) is 5.09. The average molecular weight is 281 g/mol. The molecule has 0 aliphatic carbocycles. The van der Waals surface area contributed by atoms with Crippen LogP contribution < -0.4 is 5.32 Å². The molecule has 20 heavy (non-hydrogen) atoms. The zero-order valence-electron chi connectivity index (χ0n) is 13.6. The molecule has 2 rings (SSSR count). The van der Waals surface area contributed by atoms with Crippen molar-refractivity contribution < 1.29 is 4.79 Å². The van der Waals surface area contributed by atoms with E-state index in [1.807, 2.05) is 4.90 Å². The maximum absolute atomic E-state index is 12.5. The van der Waals surface area contributed by atoms with Gasteiger partial charge < -0.3 is 10.2 Å². The molecular weight excluding hydrogens is 250 g/mol. The van der Waals surface area contributed by atoms with E-state index in [1.165, 1.54) is 12.8 Å². The fourth-order valence-corrected chi connectivity index (χ4v) is 3.46. The van der Waals surface area contributed by atoms with Crippen molar-refractivity contribution in [1.82, 2.24) is 15.1 Å². The Hall–Kier alpha value is -0.610. The lowest BCUT2D eigenvalue weighted by atomic mass is 9.75. The van der Waals surface area contributed by atoms with Crippen LogP contribution in [-0.2, 0) is 4.79 Å². The number of carbonyl (C=O) groups excluding carboxylic acids is 1. The van der Waals surface area contributed by atoms with Crippen molar-refractivity contribution in [2.75, 3.05) is 39.3 Å². The molecule has 4 nitrogen and oxygen atoms in total. The summed E-state index contributed by atoms with van der Waals surface area (Å²) in [4.78, 5) is 16.9. The number of piperidine rings is 1. The summed E-state index contributed by atoms with van der Waals surface area (Å²) in [5.74, 6) is 1.11. The van der Waals surface area contributed by atoms with Crippen molar-refractivity contribution in [3.63, 3.8) is 0 Å². The van der Waals surface area contributed by atoms with Crippen LogP contribution >= 0.6 is 0 Å². The van der Waals surface area contributed by atoms with Crippen LogP contribution in [-0.4, -0.2) is 61.0 Å². The molecule has 1 unspecified atom stereocenters. The molecule has 0 radical (unpaired) electrons. The summed E-state index contributed by atoms with van der Waals surface area (Å²) in [6.45, 7) is 14.8. The molecule has 2 heterocycles. The van der Waals surface area contributed by atoms with Gasteiger partial charge in [-0.05, 0) is 44.2 Å². The zero-order chi connectivity index (χ0) is 14.8. The molecule has 0 spiro atoms. The molecule has 2 saturated heterocycles. The number of carbonyl (C=O) groups is 1. The molecule has 0 aromatic rings. The van der Waals surface area contributed by atoms with E-state index in [1.54, 1.807) is 0 Å². The van der Waals surface area contributed by atoms with Gasteiger partial charge in [0.05, 0.1) is 6.04 Å². The van der Waals surface area contributed by atoms with Gasteiger partial charge >= 0.3 is 0 Å². The van der Waals surface area contributed by atoms with E-state index in [0.29, 0.717) is 11.3 Å². The van der Waals surface area contributed by atoms with Crippen LogP contribution in [0, 0.1) is 11.3 Å². The third kappa shape index (κ3) is 3.73. The van der Waals surface area contributed by atoms with E-state index >= 15 is 0 Å². The van der Waals surface area contributed by atoms with Crippen LogP contribution in [0.2, 0.25) is 0 Å². The molecule has 1 amide bonds. The van der Waals surface area contributed by atoms with E-state index in [9.17, 15) is 4.79 Å². The molecule has 0 bridgehead atoms. The number of amides is 1. The monoisotopic (exact) mass is 281 g/mol. The number of hydrogen-bond donors (Lipinski definition) is 1. The van der Waals surface area contributed by atoms with Gasteiger partial charge in [-0.3, -0.25) is 9.69 Å². The highest BCUT2D eigenvalue weighted by molar-refractivity contribution is 5.81. The molecule has 2 aliphatic heterocycles. The second-order valence-corrected chi connectivity index (χ2v) is 7.43. The van der Waals surface area contributed by atoms with Crippen molar-refractivity contribution in [1.29, 1.82) is 0 Å². The van der Waals surface area contributed by atoms with E-state index in [-0.39, 0.29) is 6.04 Å². The number of rotatable bonds is 2. The van der Waals surface area contributed by atoms with Gasteiger partial charge in [-0.15, -0.1) is 0 Å². The summed E-state index contributed by atoms with van der Waals surface area (Å²) in [6, 6.07) is 0.0500. The van der Waals surface area contributed by atoms with Crippen molar-refractivity contribution in [2.45, 2.75) is 46.6 Å². The second-order valence-electron chi connectivity index (χ2n) is 7.43. The summed E-state index contributed by atoms with van der Waals surface area (Å²) in [5.41, 5.74) is 0.401. The normalized spacial score (nSPS) is 24.7. The number of likely N-dealkylation sites (tertiary alicyclic amines) is 1. The number of nitrogens with zero attached hydrogens (tertiary/aromatic N) is 2. The van der Waals surface area contributed by atoms with Crippen LogP contribution in [0.1, 0.15) is 40.5 Å². The second kappa shape index (κ2) is 6.44. The Labute approximate surface area is 123 Å². The predicted octanol–water partition coefficient (Wildman–Crippen LogP) is 1.56. The Morgan fingerprint density at radius 3 is 2.15 bits per heavy atom. The number of nitrogens with one attached hydrogen (secondary N) is 1. The maximum atomic E-state index is 12.5. The zero-order valence-corrected chi connectivity index (χ0v) is 13.6. The molecule has 0 saturated carbocycles. The molecule has 0 aromatic carbocycles. The number of piperazine rings is 1. The minimum atomic E-state index is 0.0500. The van der Waals surface area contributed by atoms with E-state index in [4.69, 9.17) is 0 Å². The van der Waals surface area contributed by atoms with Crippen LogP contribution in [0.15, 0.2) is 0 Å². The van der Waals surface area contributed by atoms with Crippen LogP contribution in [0.5, 0.6) is 0 Å². The van der Waals surface area contributed by atoms with E-state index < -0.39 is 0 Å². The van der Waals surface area contributed by atoms with Gasteiger partial charge in [0.25, 0.3) is 0 Å². The fourth-order valence-electron chi connectivity index (χ4n) is 3.46. The van der Waals surface area contributed by atoms with Gasteiger partial charge in [-0.1, -0.05) is 20.8 Å². The quantitative estimate of drug-likeness (QED) is 0.834. The third-order valence-corrected chi connectivity index (χ3v) is 5.09. The SMILES string of the molecule is CC(C(=O)N1CCNCC1)N1CCC(C(C)(C)C)CC1. The highest BCUT2D eigenvalue weighted by Gasteiger charge is 2.33. The first-order valence-electron chi connectivity index (χ1n) is 8.13. The summed E-state index contributed by atoms with van der Waals surface area (Å²) < 4.78 is 0. The van der Waals surface area contributed by atoms with E-state index in [0.717, 1.165) is 45.2 Å². The molecule has 2 aliphatic rings. The van der Waals surface area contributed by atoms with Crippen LogP contribution in [0.3, 0.4) is 0 Å². The predicted molar refractivity (Wildman–Crippen MR) is 82.7 cm³/mol. The summed E-state index contributed by atoms with van der Waals surface area (Å²) in [7, 11) is 0. The van der Waals surface area contributed by atoms with Gasteiger partial charge in [0.1, 0.15) is 0 Å². The lowest BCUT2D eigenvalue weighted by Gasteiger charge is -2.42. The molecule has 116 valence electrons. The first kappa shape index (κ1) is 15.8. The molecule has 2 fully saturated rings. The molecule has 0 aromatic heterocycles. The average Bonchev–Trinajstić information content (AvgIpc) is 2.46. The fraction of sp³-hybridized carbons (Fsp3) is 0.938. The van der Waals surface area contributed by atoms with Crippen molar-refractivity contribution >= 4 is 5.91 Å². The van der Waals surface area contributed by atoms with Gasteiger partial charge in [0, 0.05) is 26.2 Å². The van der Waals surface area contributed by atoms with Crippen LogP contribution in [0.25, 0.3) is 0 Å². The Morgan fingerprint density at radius 2 is 1.65 bits per heavy atom. The maximum Gasteiger partial charge on any atom is 0.239 e. The lowest BCUT2D eigenvalue weighted by Crippen LogP contribution is -2.54. The minimum absolute atomic E-state index is 0.0500. The Kier molecular flexibility index (Phi) is 5.08. The largest absolute Gasteiger partial charge is 0.339 e. The smallest absolute Gasteiger partial charge is 0.239 e. The van der Waals surface area contributed by atoms with Gasteiger partial charge in [-0.25, -0.2) is 0 Å². The number of hydrogen-bond acceptors (Lipinski definition) is 3. The van der Waals surface area contributed by atoms with Gasteiger partial charge in [0.15, 0.2) is 0 Å². The Bertz CT molecular complexity index is 323. The summed E-state index contributed by atoms with van der Waals surface area (Å²) in [6.07, 6.45) is 2.45.